The number of hydrogen-bond donors (Lipinski definition) is 2. The second-order valence-corrected chi connectivity index (χ2v) is 4.40. The molecule has 18 heavy (non-hydrogen) atoms. The lowest BCUT2D eigenvalue weighted by Crippen LogP contribution is -2.06. The largest absolute Gasteiger partial charge is 0.366 e. The second-order valence-electron chi connectivity index (χ2n) is 3.96. The summed E-state index contributed by atoms with van der Waals surface area (Å²) in [6, 6.07) is 7.75. The van der Waals surface area contributed by atoms with Crippen molar-refractivity contribution >= 4 is 23.4 Å². The van der Waals surface area contributed by atoms with Crippen LogP contribution in [-0.2, 0) is 6.54 Å². The third-order valence-corrected chi connectivity index (χ3v) is 2.78. The lowest BCUT2D eigenvalue weighted by molar-refractivity contribution is 1.06. The summed E-state index contributed by atoms with van der Waals surface area (Å²) in [5.74, 6) is 1.43. The van der Waals surface area contributed by atoms with Crippen LogP contribution in [0.2, 0.25) is 5.02 Å². The van der Waals surface area contributed by atoms with E-state index in [1.807, 2.05) is 31.2 Å². The van der Waals surface area contributed by atoms with Crippen LogP contribution in [-0.4, -0.2) is 17.0 Å². The van der Waals surface area contributed by atoms with E-state index >= 15 is 0 Å². The van der Waals surface area contributed by atoms with Crippen molar-refractivity contribution in [3.8, 4) is 0 Å². The van der Waals surface area contributed by atoms with Crippen LogP contribution >= 0.6 is 11.6 Å². The molecule has 0 aliphatic carbocycles. The zero-order chi connectivity index (χ0) is 13.0. The van der Waals surface area contributed by atoms with E-state index < -0.39 is 0 Å². The van der Waals surface area contributed by atoms with Gasteiger partial charge in [0.1, 0.15) is 5.82 Å². The molecule has 0 saturated heterocycles. The van der Waals surface area contributed by atoms with Crippen LogP contribution < -0.4 is 10.6 Å². The first kappa shape index (κ1) is 12.6. The van der Waals surface area contributed by atoms with Crippen molar-refractivity contribution < 1.29 is 0 Å². The first-order valence-corrected chi connectivity index (χ1v) is 6.06. The van der Waals surface area contributed by atoms with Gasteiger partial charge in [-0.3, -0.25) is 0 Å². The van der Waals surface area contributed by atoms with Crippen molar-refractivity contribution in [1.82, 2.24) is 9.97 Å². The summed E-state index contributed by atoms with van der Waals surface area (Å²) in [7, 11) is 1.80. The van der Waals surface area contributed by atoms with Crippen LogP contribution in [0.15, 0.2) is 30.5 Å². The summed E-state index contributed by atoms with van der Waals surface area (Å²) in [6.45, 7) is 2.65. The molecule has 0 saturated carbocycles. The number of rotatable bonds is 4. The van der Waals surface area contributed by atoms with Crippen LogP contribution in [0.25, 0.3) is 0 Å². The van der Waals surface area contributed by atoms with Crippen molar-refractivity contribution in [2.75, 3.05) is 17.7 Å². The number of aromatic nitrogens is 2. The molecule has 0 aliphatic heterocycles. The van der Waals surface area contributed by atoms with Gasteiger partial charge in [-0.15, -0.1) is 0 Å². The molecule has 0 spiro atoms. The Labute approximate surface area is 111 Å². The van der Waals surface area contributed by atoms with Gasteiger partial charge in [-0.05, 0) is 24.6 Å². The number of hydrogen-bond acceptors (Lipinski definition) is 4. The number of halogens is 1. The molecule has 1 aromatic carbocycles. The summed E-state index contributed by atoms with van der Waals surface area (Å²) in [6.07, 6.45) is 1.79. The van der Waals surface area contributed by atoms with E-state index in [4.69, 9.17) is 11.6 Å². The number of benzene rings is 1. The minimum atomic E-state index is 0.606. The first-order valence-electron chi connectivity index (χ1n) is 5.69. The highest BCUT2D eigenvalue weighted by atomic mass is 35.5. The van der Waals surface area contributed by atoms with E-state index in [0.29, 0.717) is 12.5 Å². The molecule has 0 aliphatic rings. The molecular formula is C13H15ClN4. The van der Waals surface area contributed by atoms with Crippen molar-refractivity contribution in [3.05, 3.63) is 46.6 Å². The molecule has 0 unspecified atom stereocenters. The van der Waals surface area contributed by atoms with Gasteiger partial charge in [-0.25, -0.2) is 4.98 Å². The van der Waals surface area contributed by atoms with E-state index in [1.165, 1.54) is 0 Å². The molecular weight excluding hydrogens is 248 g/mol. The first-order chi connectivity index (χ1) is 8.69. The molecule has 1 aromatic heterocycles. The Morgan fingerprint density at radius 2 is 2.17 bits per heavy atom. The Bertz CT molecular complexity index is 542. The van der Waals surface area contributed by atoms with Crippen LogP contribution in [0.1, 0.15) is 11.1 Å². The fourth-order valence-corrected chi connectivity index (χ4v) is 1.79. The van der Waals surface area contributed by atoms with Gasteiger partial charge in [0.15, 0.2) is 0 Å². The van der Waals surface area contributed by atoms with E-state index in [1.54, 1.807) is 13.2 Å². The Hall–Kier alpha value is -1.81. The predicted octanol–water partition coefficient (Wildman–Crippen LogP) is 3.09. The second kappa shape index (κ2) is 5.69. The van der Waals surface area contributed by atoms with Crippen molar-refractivity contribution in [2.24, 2.45) is 0 Å². The maximum Gasteiger partial charge on any atom is 0.224 e. The van der Waals surface area contributed by atoms with Crippen molar-refractivity contribution in [2.45, 2.75) is 13.5 Å². The summed E-state index contributed by atoms with van der Waals surface area (Å²) in [5.41, 5.74) is 2.13. The summed E-state index contributed by atoms with van der Waals surface area (Å²) in [4.78, 5) is 8.51. The standard InChI is InChI=1S/C13H15ClN4/c1-9-7-17-13(15-2)18-12(9)16-8-10-4-3-5-11(14)6-10/h3-7H,8H2,1-2H3,(H2,15,16,17,18). The molecule has 0 amide bonds. The van der Waals surface area contributed by atoms with Crippen LogP contribution in [0.4, 0.5) is 11.8 Å². The summed E-state index contributed by atoms with van der Waals surface area (Å²) >= 11 is 5.94. The lowest BCUT2D eigenvalue weighted by Gasteiger charge is -2.09. The fraction of sp³-hybridized carbons (Fsp3) is 0.231. The molecule has 1 heterocycles. The summed E-state index contributed by atoms with van der Waals surface area (Å²) in [5, 5.41) is 6.94. The molecule has 0 fully saturated rings. The molecule has 5 heteroatoms. The molecule has 2 aromatic rings. The average Bonchev–Trinajstić information content (AvgIpc) is 2.38. The normalized spacial score (nSPS) is 10.2. The molecule has 94 valence electrons. The average molecular weight is 263 g/mol. The van der Waals surface area contributed by atoms with E-state index in [0.717, 1.165) is 22.0 Å². The molecule has 2 rings (SSSR count). The van der Waals surface area contributed by atoms with Gasteiger partial charge in [0.25, 0.3) is 0 Å². The van der Waals surface area contributed by atoms with Crippen LogP contribution in [0.5, 0.6) is 0 Å². The Morgan fingerprint density at radius 3 is 2.89 bits per heavy atom. The molecule has 0 bridgehead atoms. The monoisotopic (exact) mass is 262 g/mol. The molecule has 4 nitrogen and oxygen atoms in total. The van der Waals surface area contributed by atoms with Crippen molar-refractivity contribution in [3.63, 3.8) is 0 Å². The minimum absolute atomic E-state index is 0.606. The van der Waals surface area contributed by atoms with E-state index in [-0.39, 0.29) is 0 Å². The zero-order valence-corrected chi connectivity index (χ0v) is 11.1. The predicted molar refractivity (Wildman–Crippen MR) is 75.1 cm³/mol. The van der Waals surface area contributed by atoms with Crippen LogP contribution in [0, 0.1) is 6.92 Å². The third-order valence-electron chi connectivity index (χ3n) is 2.54. The number of nitrogens with one attached hydrogen (secondary N) is 2. The topological polar surface area (TPSA) is 49.8 Å². The highest BCUT2D eigenvalue weighted by Gasteiger charge is 2.02. The highest BCUT2D eigenvalue weighted by molar-refractivity contribution is 6.30. The SMILES string of the molecule is CNc1ncc(C)c(NCc2cccc(Cl)c2)n1. The zero-order valence-electron chi connectivity index (χ0n) is 10.4. The van der Waals surface area contributed by atoms with Crippen molar-refractivity contribution in [1.29, 1.82) is 0 Å². The molecule has 2 N–H and O–H groups in total. The Morgan fingerprint density at radius 1 is 1.33 bits per heavy atom. The molecule has 0 radical (unpaired) electrons. The maximum atomic E-state index is 5.94. The fourth-order valence-electron chi connectivity index (χ4n) is 1.57. The Kier molecular flexibility index (Phi) is 3.99. The van der Waals surface area contributed by atoms with Gasteiger partial charge in [0, 0.05) is 30.4 Å². The quantitative estimate of drug-likeness (QED) is 0.889. The lowest BCUT2D eigenvalue weighted by atomic mass is 10.2. The van der Waals surface area contributed by atoms with Crippen LogP contribution in [0.3, 0.4) is 0 Å². The van der Waals surface area contributed by atoms with E-state index in [2.05, 4.69) is 20.6 Å². The number of nitrogens with zero attached hydrogens (tertiary/aromatic N) is 2. The van der Waals surface area contributed by atoms with Gasteiger partial charge >= 0.3 is 0 Å². The third kappa shape index (κ3) is 3.11. The highest BCUT2D eigenvalue weighted by Crippen LogP contribution is 2.15. The summed E-state index contributed by atoms with van der Waals surface area (Å²) < 4.78 is 0. The maximum absolute atomic E-state index is 5.94. The van der Waals surface area contributed by atoms with E-state index in [9.17, 15) is 0 Å². The Balaban J connectivity index is 2.10. The van der Waals surface area contributed by atoms with Gasteiger partial charge in [0.2, 0.25) is 5.95 Å². The number of aryl methyl sites for hydroxylation is 1. The van der Waals surface area contributed by atoms with Gasteiger partial charge in [-0.1, -0.05) is 23.7 Å². The molecule has 0 atom stereocenters. The van der Waals surface area contributed by atoms with Gasteiger partial charge < -0.3 is 10.6 Å². The van der Waals surface area contributed by atoms with Gasteiger partial charge in [0.05, 0.1) is 0 Å². The van der Waals surface area contributed by atoms with Gasteiger partial charge in [-0.2, -0.15) is 4.98 Å². The smallest absolute Gasteiger partial charge is 0.224 e. The number of anilines is 2. The minimum Gasteiger partial charge on any atom is -0.366 e.